The zero-order valence-electron chi connectivity index (χ0n) is 13.5. The molecule has 118 valence electrons. The first kappa shape index (κ1) is 16.0. The molecule has 1 N–H and O–H groups in total. The Morgan fingerprint density at radius 1 is 1.08 bits per heavy atom. The van der Waals surface area contributed by atoms with Gasteiger partial charge in [-0.05, 0) is 35.8 Å². The maximum absolute atomic E-state index is 9.86. The first-order chi connectivity index (χ1) is 11.6. The van der Waals surface area contributed by atoms with Crippen molar-refractivity contribution in [3.05, 3.63) is 47.5 Å². The van der Waals surface area contributed by atoms with Gasteiger partial charge in [0, 0.05) is 5.92 Å². The molecule has 4 nitrogen and oxygen atoms in total. The monoisotopic (exact) mass is 314 g/mol. The summed E-state index contributed by atoms with van der Waals surface area (Å²) in [6.07, 6.45) is 3.89. The summed E-state index contributed by atoms with van der Waals surface area (Å²) in [5.41, 5.74) is 0.175. The van der Waals surface area contributed by atoms with Crippen LogP contribution in [0.2, 0.25) is 0 Å². The Bertz CT molecular complexity index is 802. The largest absolute Gasteiger partial charge is 0.305 e. The minimum Gasteiger partial charge on any atom is -0.305 e. The van der Waals surface area contributed by atoms with E-state index in [1.807, 2.05) is 30.3 Å². The van der Waals surface area contributed by atoms with Gasteiger partial charge < -0.3 is 5.41 Å². The molecule has 0 saturated heterocycles. The second kappa shape index (κ2) is 5.95. The molecule has 0 spiro atoms. The molecule has 2 aliphatic carbocycles. The third-order valence-corrected chi connectivity index (χ3v) is 5.39. The minimum atomic E-state index is -1.58. The van der Waals surface area contributed by atoms with E-state index in [1.54, 1.807) is 0 Å². The number of hydrogen-bond acceptors (Lipinski definition) is 4. The van der Waals surface area contributed by atoms with Crippen molar-refractivity contribution in [2.24, 2.45) is 23.2 Å². The number of nitrogens with one attached hydrogen (secondary N) is 1. The van der Waals surface area contributed by atoms with E-state index in [1.165, 1.54) is 0 Å². The Morgan fingerprint density at radius 3 is 2.33 bits per heavy atom. The molecule has 0 heterocycles. The summed E-state index contributed by atoms with van der Waals surface area (Å²) in [5, 5.41) is 37.8. The van der Waals surface area contributed by atoms with Crippen LogP contribution in [0.3, 0.4) is 0 Å². The van der Waals surface area contributed by atoms with Crippen LogP contribution in [-0.2, 0) is 0 Å². The summed E-state index contributed by atoms with van der Waals surface area (Å²) in [6.45, 7) is 2.11. The summed E-state index contributed by atoms with van der Waals surface area (Å²) >= 11 is 0. The Labute approximate surface area is 142 Å². The molecule has 1 aromatic rings. The fourth-order valence-electron chi connectivity index (χ4n) is 4.24. The zero-order chi connectivity index (χ0) is 17.3. The van der Waals surface area contributed by atoms with E-state index >= 15 is 0 Å². The molecule has 4 heteroatoms. The molecule has 1 unspecified atom stereocenters. The average molecular weight is 314 g/mol. The molecule has 3 rings (SSSR count). The number of nitriles is 3. The van der Waals surface area contributed by atoms with Crippen molar-refractivity contribution >= 4 is 5.71 Å². The molecular formula is C20H18N4. The van der Waals surface area contributed by atoms with Crippen LogP contribution in [0.1, 0.15) is 31.2 Å². The van der Waals surface area contributed by atoms with Gasteiger partial charge in [-0.2, -0.15) is 15.8 Å². The molecule has 1 fully saturated rings. The lowest BCUT2D eigenvalue weighted by Gasteiger charge is -2.46. The number of nitrogens with zero attached hydrogens (tertiary/aromatic N) is 3. The SMILES string of the molecule is C[C@H]1C=C2C(C#N)C(=N)C(C#N)(C#N)[C@@H](c3ccccc3)[C@H]2CC1. The highest BCUT2D eigenvalue weighted by atomic mass is 14.6. The molecule has 4 atom stereocenters. The van der Waals surface area contributed by atoms with Gasteiger partial charge in [-0.3, -0.25) is 0 Å². The van der Waals surface area contributed by atoms with Crippen LogP contribution in [0.25, 0.3) is 0 Å². The summed E-state index contributed by atoms with van der Waals surface area (Å²) in [7, 11) is 0. The molecule has 0 aromatic heterocycles. The van der Waals surface area contributed by atoms with Crippen molar-refractivity contribution < 1.29 is 0 Å². The van der Waals surface area contributed by atoms with E-state index in [0.717, 1.165) is 24.0 Å². The van der Waals surface area contributed by atoms with Crippen molar-refractivity contribution in [3.8, 4) is 18.2 Å². The third-order valence-electron chi connectivity index (χ3n) is 5.39. The lowest BCUT2D eigenvalue weighted by atomic mass is 9.52. The van der Waals surface area contributed by atoms with E-state index in [-0.39, 0.29) is 11.6 Å². The molecule has 0 radical (unpaired) electrons. The lowest BCUT2D eigenvalue weighted by Crippen LogP contribution is -2.49. The van der Waals surface area contributed by atoms with Gasteiger partial charge in [0.1, 0.15) is 5.92 Å². The number of rotatable bonds is 1. The van der Waals surface area contributed by atoms with Gasteiger partial charge in [0.15, 0.2) is 5.41 Å². The van der Waals surface area contributed by atoms with Crippen LogP contribution < -0.4 is 0 Å². The van der Waals surface area contributed by atoms with E-state index in [9.17, 15) is 15.8 Å². The van der Waals surface area contributed by atoms with Crippen LogP contribution in [0, 0.1) is 62.6 Å². The van der Waals surface area contributed by atoms with Crippen LogP contribution in [0.5, 0.6) is 0 Å². The second-order valence-electron chi connectivity index (χ2n) is 6.72. The minimum absolute atomic E-state index is 0.0401. The van der Waals surface area contributed by atoms with Gasteiger partial charge in [0.2, 0.25) is 0 Å². The predicted molar refractivity (Wildman–Crippen MR) is 89.6 cm³/mol. The highest BCUT2D eigenvalue weighted by molar-refractivity contribution is 6.00. The molecule has 0 bridgehead atoms. The maximum atomic E-state index is 9.86. The topological polar surface area (TPSA) is 95.2 Å². The average Bonchev–Trinajstić information content (AvgIpc) is 2.62. The van der Waals surface area contributed by atoms with E-state index in [4.69, 9.17) is 5.41 Å². The summed E-state index contributed by atoms with van der Waals surface area (Å²) in [4.78, 5) is 0. The van der Waals surface area contributed by atoms with E-state index < -0.39 is 17.3 Å². The Morgan fingerprint density at radius 2 is 1.75 bits per heavy atom. The molecule has 1 aromatic carbocycles. The summed E-state index contributed by atoms with van der Waals surface area (Å²) in [6, 6.07) is 15.9. The molecular weight excluding hydrogens is 296 g/mol. The Kier molecular flexibility index (Phi) is 3.96. The van der Waals surface area contributed by atoms with Crippen molar-refractivity contribution in [3.63, 3.8) is 0 Å². The van der Waals surface area contributed by atoms with Crippen molar-refractivity contribution in [2.45, 2.75) is 25.7 Å². The first-order valence-corrected chi connectivity index (χ1v) is 8.16. The lowest BCUT2D eigenvalue weighted by molar-refractivity contribution is 0.303. The molecule has 0 amide bonds. The standard InChI is InChI=1S/C20H18N4/c1-13-7-8-15-16(9-13)17(10-21)19(24)20(11-22,12-23)18(15)14-5-3-2-4-6-14/h2-6,9,13,15,17-18,24H,7-8H2,1H3/t13-,15+,17?,18+/m1/s1. The number of benzene rings is 1. The second-order valence-corrected chi connectivity index (χ2v) is 6.72. The molecule has 24 heavy (non-hydrogen) atoms. The zero-order valence-corrected chi connectivity index (χ0v) is 13.5. The number of hydrogen-bond donors (Lipinski definition) is 1. The highest BCUT2D eigenvalue weighted by Gasteiger charge is 2.57. The summed E-state index contributed by atoms with van der Waals surface area (Å²) in [5.74, 6) is -0.851. The predicted octanol–water partition coefficient (Wildman–Crippen LogP) is 3.95. The fraction of sp³-hybridized carbons (Fsp3) is 0.400. The van der Waals surface area contributed by atoms with Crippen molar-refractivity contribution in [1.29, 1.82) is 21.2 Å². The smallest absolute Gasteiger partial charge is 0.189 e. The van der Waals surface area contributed by atoms with E-state index in [2.05, 4.69) is 31.2 Å². The highest BCUT2D eigenvalue weighted by Crippen LogP contribution is 2.55. The quantitative estimate of drug-likeness (QED) is 0.795. The van der Waals surface area contributed by atoms with Crippen LogP contribution in [0.15, 0.2) is 42.0 Å². The first-order valence-electron chi connectivity index (χ1n) is 8.16. The fourth-order valence-corrected chi connectivity index (χ4v) is 4.24. The number of allylic oxidation sites excluding steroid dienone is 2. The van der Waals surface area contributed by atoms with Gasteiger partial charge in [-0.1, -0.05) is 43.3 Å². The van der Waals surface area contributed by atoms with Crippen LogP contribution in [0.4, 0.5) is 0 Å². The van der Waals surface area contributed by atoms with Gasteiger partial charge in [0.25, 0.3) is 0 Å². The van der Waals surface area contributed by atoms with Gasteiger partial charge in [0.05, 0.1) is 23.9 Å². The summed E-state index contributed by atoms with van der Waals surface area (Å²) < 4.78 is 0. The van der Waals surface area contributed by atoms with Crippen molar-refractivity contribution in [1.82, 2.24) is 0 Å². The van der Waals surface area contributed by atoms with Crippen molar-refractivity contribution in [2.75, 3.05) is 0 Å². The van der Waals surface area contributed by atoms with Crippen LogP contribution >= 0.6 is 0 Å². The van der Waals surface area contributed by atoms with Gasteiger partial charge in [-0.15, -0.1) is 0 Å². The number of fused-ring (bicyclic) bond motifs is 1. The Hall–Kier alpha value is -2.90. The normalized spacial score (nSPS) is 30.9. The van der Waals surface area contributed by atoms with Crippen LogP contribution in [-0.4, -0.2) is 5.71 Å². The maximum Gasteiger partial charge on any atom is 0.189 e. The van der Waals surface area contributed by atoms with Gasteiger partial charge in [-0.25, -0.2) is 0 Å². The molecule has 1 saturated carbocycles. The van der Waals surface area contributed by atoms with E-state index in [0.29, 0.717) is 5.92 Å². The Balaban J connectivity index is 2.26. The van der Waals surface area contributed by atoms with Gasteiger partial charge >= 0.3 is 0 Å². The third kappa shape index (κ3) is 2.14. The molecule has 2 aliphatic rings. The molecule has 0 aliphatic heterocycles.